The van der Waals surface area contributed by atoms with Crippen LogP contribution in [0.4, 0.5) is 4.79 Å². The Balaban J connectivity index is 2.53. The van der Waals surface area contributed by atoms with Crippen molar-refractivity contribution in [2.24, 2.45) is 0 Å². The maximum atomic E-state index is 11.5. The average Bonchev–Trinajstić information content (AvgIpc) is 2.23. The van der Waals surface area contributed by atoms with Crippen molar-refractivity contribution in [3.63, 3.8) is 0 Å². The van der Waals surface area contributed by atoms with Crippen molar-refractivity contribution in [1.82, 2.24) is 5.32 Å². The Morgan fingerprint density at radius 3 is 2.47 bits per heavy atom. The predicted molar refractivity (Wildman–Crippen MR) is 68.2 cm³/mol. The number of amides is 1. The van der Waals surface area contributed by atoms with E-state index in [1.54, 1.807) is 45.0 Å². The van der Waals surface area contributed by atoms with E-state index in [0.29, 0.717) is 5.56 Å². The summed E-state index contributed by atoms with van der Waals surface area (Å²) in [5, 5.41) is 13.1. The van der Waals surface area contributed by atoms with E-state index in [-0.39, 0.29) is 13.0 Å². The zero-order valence-electron chi connectivity index (χ0n) is 11.4. The van der Waals surface area contributed by atoms with Crippen LogP contribution in [0.5, 0.6) is 0 Å². The fourth-order valence-electron chi connectivity index (χ4n) is 1.50. The summed E-state index contributed by atoms with van der Waals surface area (Å²) in [7, 11) is 0. The van der Waals surface area contributed by atoms with E-state index >= 15 is 0 Å². The summed E-state index contributed by atoms with van der Waals surface area (Å²) >= 11 is 0. The molecule has 0 saturated carbocycles. The van der Waals surface area contributed by atoms with Crippen LogP contribution >= 0.6 is 0 Å². The van der Waals surface area contributed by atoms with Gasteiger partial charge >= 0.3 is 6.09 Å². The minimum absolute atomic E-state index is 0.139. The molecule has 0 aliphatic rings. The average molecular weight is 264 g/mol. The number of alkyl carbamates (subject to hydrolysis) is 1. The third-order valence-electron chi connectivity index (χ3n) is 2.18. The van der Waals surface area contributed by atoms with Gasteiger partial charge in [0.1, 0.15) is 5.60 Å². The smallest absolute Gasteiger partial charge is 0.407 e. The fraction of sp³-hybridized carbons (Fsp3) is 0.429. The molecule has 0 bridgehead atoms. The molecule has 0 aliphatic heterocycles. The first kappa shape index (κ1) is 15.0. The number of ether oxygens (including phenoxy) is 1. The second-order valence-electron chi connectivity index (χ2n) is 5.22. The van der Waals surface area contributed by atoms with Crippen molar-refractivity contribution in [2.75, 3.05) is 0 Å². The number of rotatable bonds is 4. The molecule has 1 amide bonds. The molecule has 1 aromatic carbocycles. The lowest BCUT2D eigenvalue weighted by Crippen LogP contribution is -2.32. The van der Waals surface area contributed by atoms with Crippen LogP contribution in [0.3, 0.4) is 0 Å². The molecule has 0 fully saturated rings. The summed E-state index contributed by atoms with van der Waals surface area (Å²) in [5.74, 6) is -1.13. The third-order valence-corrected chi connectivity index (χ3v) is 2.18. The van der Waals surface area contributed by atoms with Crippen molar-refractivity contribution in [3.8, 4) is 0 Å². The topological polar surface area (TPSA) is 78.5 Å². The highest BCUT2D eigenvalue weighted by atomic mass is 16.6. The number of hydrogen-bond acceptors (Lipinski definition) is 4. The van der Waals surface area contributed by atoms with E-state index < -0.39 is 17.7 Å². The number of carbonyl (C=O) groups excluding carboxylic acids is 2. The van der Waals surface area contributed by atoms with E-state index in [2.05, 4.69) is 5.32 Å². The van der Waals surface area contributed by atoms with Crippen LogP contribution in [0.25, 0.3) is 0 Å². The van der Waals surface area contributed by atoms with Crippen LogP contribution in [0.15, 0.2) is 24.3 Å². The highest BCUT2D eigenvalue weighted by Crippen LogP contribution is 2.08. The normalized spacial score (nSPS) is 10.9. The molecule has 5 nitrogen and oxygen atoms in total. The van der Waals surface area contributed by atoms with E-state index in [1.165, 1.54) is 0 Å². The number of carboxylic acid groups (broad SMARTS) is 1. The van der Waals surface area contributed by atoms with Crippen LogP contribution in [-0.4, -0.2) is 17.7 Å². The molecule has 1 rings (SSSR count). The van der Waals surface area contributed by atoms with Crippen molar-refractivity contribution >= 4 is 12.1 Å². The van der Waals surface area contributed by atoms with E-state index in [9.17, 15) is 14.7 Å². The summed E-state index contributed by atoms with van der Waals surface area (Å²) in [5.41, 5.74) is 0.911. The van der Waals surface area contributed by atoms with Gasteiger partial charge in [-0.05, 0) is 31.9 Å². The Hall–Kier alpha value is -2.04. The number of nitrogens with one attached hydrogen (secondary N) is 1. The minimum atomic E-state index is -1.13. The largest absolute Gasteiger partial charge is 0.550 e. The Morgan fingerprint density at radius 1 is 1.26 bits per heavy atom. The summed E-state index contributed by atoms with van der Waals surface area (Å²) in [6, 6.07) is 6.96. The lowest BCUT2D eigenvalue weighted by atomic mass is 10.1. The molecular weight excluding hydrogens is 246 g/mol. The quantitative estimate of drug-likeness (QED) is 0.880. The number of hydrogen-bond donors (Lipinski definition) is 1. The molecule has 1 aromatic rings. The van der Waals surface area contributed by atoms with Crippen LogP contribution in [0.1, 0.15) is 31.9 Å². The van der Waals surface area contributed by atoms with Crippen molar-refractivity contribution in [3.05, 3.63) is 35.4 Å². The highest BCUT2D eigenvalue weighted by molar-refractivity contribution is 5.68. The van der Waals surface area contributed by atoms with Crippen molar-refractivity contribution in [2.45, 2.75) is 39.3 Å². The number of aliphatic carboxylic acids is 1. The number of carbonyl (C=O) groups is 2. The van der Waals surface area contributed by atoms with Gasteiger partial charge in [0, 0.05) is 18.9 Å². The molecule has 0 aromatic heterocycles. The Kier molecular flexibility index (Phi) is 4.92. The number of carboxylic acids is 1. The van der Waals surface area contributed by atoms with Gasteiger partial charge in [-0.3, -0.25) is 0 Å². The van der Waals surface area contributed by atoms with Crippen LogP contribution < -0.4 is 10.4 Å². The maximum Gasteiger partial charge on any atom is 0.407 e. The van der Waals surface area contributed by atoms with Gasteiger partial charge in [0.05, 0.1) is 0 Å². The molecular formula is C14H18NO4-. The van der Waals surface area contributed by atoms with Gasteiger partial charge in [-0.15, -0.1) is 0 Å². The van der Waals surface area contributed by atoms with Gasteiger partial charge < -0.3 is 20.0 Å². The first-order valence-electron chi connectivity index (χ1n) is 6.01. The SMILES string of the molecule is CC(C)(C)OC(=O)NCc1cccc(CC(=O)[O-])c1. The summed E-state index contributed by atoms with van der Waals surface area (Å²) in [4.78, 5) is 22.0. The standard InChI is InChI=1S/C14H19NO4/c1-14(2,3)19-13(18)15-9-11-6-4-5-10(7-11)8-12(16)17/h4-7H,8-9H2,1-3H3,(H,15,18)(H,16,17)/p-1. The molecule has 19 heavy (non-hydrogen) atoms. The Morgan fingerprint density at radius 2 is 1.89 bits per heavy atom. The summed E-state index contributed by atoms with van der Waals surface area (Å²) in [6.07, 6.45) is -0.641. The summed E-state index contributed by atoms with van der Waals surface area (Å²) < 4.78 is 5.10. The monoisotopic (exact) mass is 264 g/mol. The first-order valence-corrected chi connectivity index (χ1v) is 6.01. The zero-order valence-corrected chi connectivity index (χ0v) is 11.4. The van der Waals surface area contributed by atoms with E-state index in [0.717, 1.165) is 5.56 Å². The van der Waals surface area contributed by atoms with Crippen LogP contribution in [0.2, 0.25) is 0 Å². The Bertz CT molecular complexity index is 463. The molecule has 5 heteroatoms. The van der Waals surface area contributed by atoms with Crippen molar-refractivity contribution in [1.29, 1.82) is 0 Å². The molecule has 0 atom stereocenters. The molecule has 0 saturated heterocycles. The van der Waals surface area contributed by atoms with Gasteiger partial charge in [-0.1, -0.05) is 24.3 Å². The highest BCUT2D eigenvalue weighted by Gasteiger charge is 2.15. The molecule has 1 N–H and O–H groups in total. The molecule has 0 heterocycles. The van der Waals surface area contributed by atoms with E-state index in [1.807, 2.05) is 0 Å². The molecule has 104 valence electrons. The molecule has 0 unspecified atom stereocenters. The summed E-state index contributed by atoms with van der Waals surface area (Å²) in [6.45, 7) is 5.64. The zero-order chi connectivity index (χ0) is 14.5. The molecule has 0 spiro atoms. The van der Waals surface area contributed by atoms with Gasteiger partial charge in [0.15, 0.2) is 0 Å². The van der Waals surface area contributed by atoms with E-state index in [4.69, 9.17) is 4.74 Å². The second-order valence-corrected chi connectivity index (χ2v) is 5.22. The van der Waals surface area contributed by atoms with Gasteiger partial charge in [-0.2, -0.15) is 0 Å². The number of benzene rings is 1. The Labute approximate surface area is 112 Å². The lowest BCUT2D eigenvalue weighted by molar-refractivity contribution is -0.304. The maximum absolute atomic E-state index is 11.5. The van der Waals surface area contributed by atoms with Gasteiger partial charge in [-0.25, -0.2) is 4.79 Å². The molecule has 0 radical (unpaired) electrons. The molecule has 0 aliphatic carbocycles. The van der Waals surface area contributed by atoms with Gasteiger partial charge in [0.25, 0.3) is 0 Å². The fourth-order valence-corrected chi connectivity index (χ4v) is 1.50. The third kappa shape index (κ3) is 6.45. The predicted octanol–water partition coefficient (Wildman–Crippen LogP) is 1.00. The first-order chi connectivity index (χ1) is 8.76. The van der Waals surface area contributed by atoms with Crippen LogP contribution in [-0.2, 0) is 22.5 Å². The van der Waals surface area contributed by atoms with Crippen LogP contribution in [0, 0.1) is 0 Å². The second kappa shape index (κ2) is 6.22. The minimum Gasteiger partial charge on any atom is -0.550 e. The lowest BCUT2D eigenvalue weighted by Gasteiger charge is -2.19. The van der Waals surface area contributed by atoms with Gasteiger partial charge in [0.2, 0.25) is 0 Å². The van der Waals surface area contributed by atoms with Crippen molar-refractivity contribution < 1.29 is 19.4 Å².